The Morgan fingerprint density at radius 1 is 0.926 bits per heavy atom. The molecule has 0 saturated carbocycles. The van der Waals surface area contributed by atoms with E-state index in [0.717, 1.165) is 11.3 Å². The molecule has 1 saturated heterocycles. The molecule has 144 valence electrons. The number of carbonyl (C=O) groups excluding carboxylic acids is 1. The molecule has 0 N–H and O–H groups in total. The Bertz CT molecular complexity index is 804. The summed E-state index contributed by atoms with van der Waals surface area (Å²) in [5.41, 5.74) is 1.48. The fraction of sp³-hybridized carbons (Fsp3) is 0.350. The van der Waals surface area contributed by atoms with Crippen molar-refractivity contribution in [1.82, 2.24) is 4.90 Å². The van der Waals surface area contributed by atoms with Gasteiger partial charge in [0, 0.05) is 24.4 Å². The van der Waals surface area contributed by atoms with Gasteiger partial charge in [0.15, 0.2) is 0 Å². The lowest BCUT2D eigenvalue weighted by molar-refractivity contribution is 0.0756. The van der Waals surface area contributed by atoms with Crippen molar-refractivity contribution >= 4 is 17.7 Å². The number of nitrogens with zero attached hydrogens (tertiary/aromatic N) is 1. The van der Waals surface area contributed by atoms with Crippen LogP contribution in [-0.4, -0.2) is 51.5 Å². The summed E-state index contributed by atoms with van der Waals surface area (Å²) >= 11 is 1.71. The van der Waals surface area contributed by atoms with Gasteiger partial charge in [-0.15, -0.1) is 11.8 Å². The summed E-state index contributed by atoms with van der Waals surface area (Å²) in [7, 11) is 6.37. The summed E-state index contributed by atoms with van der Waals surface area (Å²) in [6.45, 7) is 0.656. The minimum Gasteiger partial charge on any atom is -0.497 e. The van der Waals surface area contributed by atoms with E-state index < -0.39 is 0 Å². The first-order valence-corrected chi connectivity index (χ1v) is 9.53. The van der Waals surface area contributed by atoms with Crippen molar-refractivity contribution in [2.24, 2.45) is 0 Å². The van der Waals surface area contributed by atoms with Crippen molar-refractivity contribution in [3.8, 4) is 23.0 Å². The van der Waals surface area contributed by atoms with Crippen LogP contribution < -0.4 is 18.9 Å². The standard InChI is InChI=1S/C20H23NO5S/c1-23-14-5-6-17(18(12-14)26-4)19(22)21-7-8-27-20(21)13-9-15(24-2)11-16(10-13)25-3/h5-6,9-12,20H,7-8H2,1-4H3. The molecule has 2 aromatic rings. The highest BCUT2D eigenvalue weighted by Crippen LogP contribution is 2.42. The Hall–Kier alpha value is -2.54. The predicted octanol–water partition coefficient (Wildman–Crippen LogP) is 3.61. The van der Waals surface area contributed by atoms with Crippen molar-refractivity contribution in [1.29, 1.82) is 0 Å². The van der Waals surface area contributed by atoms with E-state index in [1.165, 1.54) is 0 Å². The first kappa shape index (κ1) is 19.2. The van der Waals surface area contributed by atoms with Gasteiger partial charge in [0.2, 0.25) is 0 Å². The van der Waals surface area contributed by atoms with E-state index in [2.05, 4.69) is 0 Å². The van der Waals surface area contributed by atoms with Crippen LogP contribution in [0, 0.1) is 0 Å². The molecule has 6 nitrogen and oxygen atoms in total. The Balaban J connectivity index is 1.94. The van der Waals surface area contributed by atoms with Crippen LogP contribution in [0.1, 0.15) is 21.3 Å². The molecule has 1 aliphatic rings. The van der Waals surface area contributed by atoms with E-state index in [9.17, 15) is 4.79 Å². The van der Waals surface area contributed by atoms with E-state index in [-0.39, 0.29) is 11.3 Å². The van der Waals surface area contributed by atoms with Gasteiger partial charge >= 0.3 is 0 Å². The molecule has 1 aliphatic heterocycles. The molecule has 1 fully saturated rings. The zero-order valence-corrected chi connectivity index (χ0v) is 16.7. The van der Waals surface area contributed by atoms with Gasteiger partial charge in [-0.2, -0.15) is 0 Å². The average molecular weight is 389 g/mol. The molecule has 1 heterocycles. The van der Waals surface area contributed by atoms with Gasteiger partial charge in [-0.1, -0.05) is 0 Å². The van der Waals surface area contributed by atoms with Crippen LogP contribution in [0.15, 0.2) is 36.4 Å². The maximum Gasteiger partial charge on any atom is 0.258 e. The highest BCUT2D eigenvalue weighted by Gasteiger charge is 2.33. The Kier molecular flexibility index (Phi) is 6.01. The fourth-order valence-corrected chi connectivity index (χ4v) is 4.29. The van der Waals surface area contributed by atoms with Crippen LogP contribution in [0.3, 0.4) is 0 Å². The van der Waals surface area contributed by atoms with Gasteiger partial charge in [0.05, 0.1) is 34.0 Å². The number of hydrogen-bond acceptors (Lipinski definition) is 6. The number of thioether (sulfide) groups is 1. The van der Waals surface area contributed by atoms with Crippen molar-refractivity contribution in [2.75, 3.05) is 40.7 Å². The molecule has 2 aromatic carbocycles. The third-order valence-electron chi connectivity index (χ3n) is 4.45. The largest absolute Gasteiger partial charge is 0.497 e. The van der Waals surface area contributed by atoms with Gasteiger partial charge < -0.3 is 23.8 Å². The molecule has 1 atom stereocenters. The smallest absolute Gasteiger partial charge is 0.258 e. The van der Waals surface area contributed by atoms with Crippen LogP contribution >= 0.6 is 11.8 Å². The summed E-state index contributed by atoms with van der Waals surface area (Å²) in [5.74, 6) is 3.32. The molecule has 0 aliphatic carbocycles. The molecule has 27 heavy (non-hydrogen) atoms. The Morgan fingerprint density at radius 2 is 1.59 bits per heavy atom. The van der Waals surface area contributed by atoms with Crippen LogP contribution in [0.5, 0.6) is 23.0 Å². The molecule has 0 radical (unpaired) electrons. The number of benzene rings is 2. The number of rotatable bonds is 6. The topological polar surface area (TPSA) is 57.2 Å². The average Bonchev–Trinajstić information content (AvgIpc) is 3.22. The zero-order valence-electron chi connectivity index (χ0n) is 15.9. The lowest BCUT2D eigenvalue weighted by Crippen LogP contribution is -2.30. The molecule has 0 aromatic heterocycles. The Morgan fingerprint density at radius 3 is 2.19 bits per heavy atom. The second-order valence-electron chi connectivity index (χ2n) is 5.93. The highest BCUT2D eigenvalue weighted by molar-refractivity contribution is 7.99. The summed E-state index contributed by atoms with van der Waals surface area (Å²) < 4.78 is 21.4. The maximum atomic E-state index is 13.2. The van der Waals surface area contributed by atoms with E-state index in [4.69, 9.17) is 18.9 Å². The zero-order chi connectivity index (χ0) is 19.4. The van der Waals surface area contributed by atoms with Crippen molar-refractivity contribution < 1.29 is 23.7 Å². The summed E-state index contributed by atoms with van der Waals surface area (Å²) in [6.07, 6.45) is 0. The van der Waals surface area contributed by atoms with Gasteiger partial charge in [-0.05, 0) is 29.8 Å². The van der Waals surface area contributed by atoms with Crippen LogP contribution in [0.2, 0.25) is 0 Å². The van der Waals surface area contributed by atoms with Gasteiger partial charge in [-0.25, -0.2) is 0 Å². The number of ether oxygens (including phenoxy) is 4. The van der Waals surface area contributed by atoms with Crippen LogP contribution in [0.4, 0.5) is 0 Å². The molecule has 7 heteroatoms. The molecule has 0 spiro atoms. The molecule has 1 unspecified atom stereocenters. The normalized spacial score (nSPS) is 16.1. The molecular formula is C20H23NO5S. The highest BCUT2D eigenvalue weighted by atomic mass is 32.2. The number of methoxy groups -OCH3 is 4. The first-order valence-electron chi connectivity index (χ1n) is 8.48. The summed E-state index contributed by atoms with van der Waals surface area (Å²) in [6, 6.07) is 10.9. The second-order valence-corrected chi connectivity index (χ2v) is 7.12. The minimum atomic E-state index is -0.117. The monoisotopic (exact) mass is 389 g/mol. The quantitative estimate of drug-likeness (QED) is 0.752. The fourth-order valence-electron chi connectivity index (χ4n) is 3.06. The second kappa shape index (κ2) is 8.43. The Labute approximate surface area is 163 Å². The molecule has 0 bridgehead atoms. The SMILES string of the molecule is COc1cc(OC)cc(C2SCCN2C(=O)c2ccc(OC)cc2OC)c1. The van der Waals surface area contributed by atoms with Crippen molar-refractivity contribution in [2.45, 2.75) is 5.37 Å². The lowest BCUT2D eigenvalue weighted by atomic mass is 10.1. The first-order chi connectivity index (χ1) is 13.1. The van der Waals surface area contributed by atoms with Gasteiger partial charge in [-0.3, -0.25) is 4.79 Å². The molecular weight excluding hydrogens is 366 g/mol. The van der Waals surface area contributed by atoms with Gasteiger partial charge in [0.25, 0.3) is 5.91 Å². The number of hydrogen-bond donors (Lipinski definition) is 0. The van der Waals surface area contributed by atoms with E-state index in [0.29, 0.717) is 35.1 Å². The number of carbonyl (C=O) groups is 1. The molecule has 1 amide bonds. The van der Waals surface area contributed by atoms with Crippen molar-refractivity contribution in [3.63, 3.8) is 0 Å². The van der Waals surface area contributed by atoms with E-state index in [1.54, 1.807) is 58.4 Å². The van der Waals surface area contributed by atoms with E-state index >= 15 is 0 Å². The van der Waals surface area contributed by atoms with Crippen molar-refractivity contribution in [3.05, 3.63) is 47.5 Å². The molecule has 3 rings (SSSR count). The predicted molar refractivity (Wildman–Crippen MR) is 105 cm³/mol. The van der Waals surface area contributed by atoms with Gasteiger partial charge in [0.1, 0.15) is 28.4 Å². The minimum absolute atomic E-state index is 0.0775. The third-order valence-corrected chi connectivity index (χ3v) is 5.71. The number of amides is 1. The maximum absolute atomic E-state index is 13.2. The van der Waals surface area contributed by atoms with Crippen LogP contribution in [-0.2, 0) is 0 Å². The van der Waals surface area contributed by atoms with Crippen LogP contribution in [0.25, 0.3) is 0 Å². The summed E-state index contributed by atoms with van der Waals surface area (Å²) in [4.78, 5) is 15.1. The van der Waals surface area contributed by atoms with E-state index in [1.807, 2.05) is 23.1 Å². The third kappa shape index (κ3) is 3.93. The lowest BCUT2D eigenvalue weighted by Gasteiger charge is -2.25. The summed E-state index contributed by atoms with van der Waals surface area (Å²) in [5, 5.41) is -0.117.